The second-order valence-electron chi connectivity index (χ2n) is 19.6. The molecule has 0 radical (unpaired) electrons. The van der Waals surface area contributed by atoms with Crippen LogP contribution in [0.1, 0.15) is 164 Å². The molecule has 3 fully saturated rings. The Labute approximate surface area is 393 Å². The van der Waals surface area contributed by atoms with Crippen molar-refractivity contribution >= 4 is 5.57 Å². The summed E-state index contributed by atoms with van der Waals surface area (Å²) in [5.74, 6) is 8.59. The van der Waals surface area contributed by atoms with Crippen LogP contribution in [0.25, 0.3) is 27.8 Å². The summed E-state index contributed by atoms with van der Waals surface area (Å²) in [6.45, 7) is 9.26. The normalized spacial score (nSPS) is 24.9. The maximum absolute atomic E-state index is 5.30. The van der Waals surface area contributed by atoms with Gasteiger partial charge in [-0.3, -0.25) is 0 Å². The largest absolute Gasteiger partial charge is 0.497 e. The molecule has 4 aliphatic rings. The Bertz CT molecular complexity index is 1940. The molecule has 0 amide bonds. The topological polar surface area (TPSA) is 18.5 Å². The Morgan fingerprint density at radius 3 is 1.34 bits per heavy atom. The molecule has 8 rings (SSSR count). The second kappa shape index (κ2) is 24.8. The van der Waals surface area contributed by atoms with Crippen LogP contribution in [0.3, 0.4) is 0 Å². The predicted molar refractivity (Wildman–Crippen MR) is 263 cm³/mol. The number of hydrogen-bond acceptors (Lipinski definition) is 2. The van der Waals surface area contributed by atoms with Gasteiger partial charge in [0.25, 0.3) is 0 Å². The summed E-state index contributed by atoms with van der Waals surface area (Å²) in [6, 6.07) is 30.9. The third kappa shape index (κ3) is 13.0. The van der Waals surface area contributed by atoms with Gasteiger partial charge >= 0.3 is 0 Å². The van der Waals surface area contributed by atoms with Crippen molar-refractivity contribution in [1.29, 1.82) is 0 Å². The summed E-state index contributed by atoms with van der Waals surface area (Å²) in [7, 11) is 3.44. The van der Waals surface area contributed by atoms with Crippen molar-refractivity contribution in [2.75, 3.05) is 14.2 Å². The zero-order valence-corrected chi connectivity index (χ0v) is 41.3. The van der Waals surface area contributed by atoms with Gasteiger partial charge in [-0.2, -0.15) is 0 Å². The van der Waals surface area contributed by atoms with E-state index in [1.165, 1.54) is 161 Å². The van der Waals surface area contributed by atoms with E-state index < -0.39 is 0 Å². The Morgan fingerprint density at radius 2 is 0.919 bits per heavy atom. The molecule has 3 saturated carbocycles. The maximum Gasteiger partial charge on any atom is 0.118 e. The van der Waals surface area contributed by atoms with Gasteiger partial charge in [0.1, 0.15) is 11.5 Å². The van der Waals surface area contributed by atoms with Crippen molar-refractivity contribution in [3.8, 4) is 33.8 Å². The molecule has 0 heterocycles. The average molecular weight is 929 g/mol. The smallest absolute Gasteiger partial charge is 0.118 e. The fraction of sp³-hybridized carbons (Fsp3) is 0.542. The first-order valence-corrected chi connectivity index (χ1v) is 24.5. The van der Waals surface area contributed by atoms with Crippen LogP contribution >= 0.6 is 0 Å². The van der Waals surface area contributed by atoms with E-state index in [-0.39, 0.29) is 27.8 Å². The molecule has 2 nitrogen and oxygen atoms in total. The first-order chi connectivity index (χ1) is 29.3. The minimum atomic E-state index is 0. The van der Waals surface area contributed by atoms with E-state index in [0.29, 0.717) is 0 Å². The van der Waals surface area contributed by atoms with Crippen LogP contribution in [0.2, 0.25) is 0 Å². The fourth-order valence-corrected chi connectivity index (χ4v) is 12.2. The van der Waals surface area contributed by atoms with E-state index in [0.717, 1.165) is 52.9 Å². The zero-order chi connectivity index (χ0) is 41.8. The number of rotatable bonds is 12. The summed E-state index contributed by atoms with van der Waals surface area (Å²) in [6.07, 6.45) is 29.8. The van der Waals surface area contributed by atoms with Crippen molar-refractivity contribution in [2.24, 2.45) is 35.5 Å². The third-order valence-electron chi connectivity index (χ3n) is 15.9. The molecule has 4 aliphatic carbocycles. The molecular formula is C59H81O2Pd-. The summed E-state index contributed by atoms with van der Waals surface area (Å²) in [4.78, 5) is 0. The van der Waals surface area contributed by atoms with Crippen molar-refractivity contribution < 1.29 is 29.9 Å². The number of ether oxygens (including phenoxy) is 2. The minimum absolute atomic E-state index is 0. The number of methoxy groups -OCH3 is 2. The average Bonchev–Trinajstić information content (AvgIpc) is 3.30. The quantitative estimate of drug-likeness (QED) is 0.104. The summed E-state index contributed by atoms with van der Waals surface area (Å²) >= 11 is 0. The van der Waals surface area contributed by atoms with E-state index in [2.05, 4.69) is 107 Å². The van der Waals surface area contributed by atoms with Crippen LogP contribution < -0.4 is 9.47 Å². The Morgan fingerprint density at radius 1 is 0.484 bits per heavy atom. The standard InChI is InChI=1S/C29H40O.C29H38O.CH3.Pd/c2*1-4-5-22-6-8-23(9-7-22)24-10-12-26(13-11-24)29-19-16-27(20-21(29)2)25-14-17-28(30-3)18-15-25;;/h14-20,22-24,26H,4-13H2,1-3H3;12,14-20,22-24H,4-11,13H2,1-3H3;1H3;/q;;-1;. The third-order valence-corrected chi connectivity index (χ3v) is 15.9. The van der Waals surface area contributed by atoms with Gasteiger partial charge in [-0.05, 0) is 200 Å². The van der Waals surface area contributed by atoms with Crippen LogP contribution in [0.5, 0.6) is 11.5 Å². The molecular weight excluding hydrogens is 847 g/mol. The van der Waals surface area contributed by atoms with Crippen LogP contribution in [0.4, 0.5) is 0 Å². The molecule has 4 aromatic carbocycles. The molecule has 0 N–H and O–H groups in total. The first kappa shape index (κ1) is 49.9. The van der Waals surface area contributed by atoms with E-state index in [1.807, 2.05) is 12.1 Å². The van der Waals surface area contributed by atoms with Gasteiger partial charge in [0, 0.05) is 20.4 Å². The van der Waals surface area contributed by atoms with Crippen molar-refractivity contribution in [1.82, 2.24) is 0 Å². The molecule has 1 atom stereocenters. The van der Waals surface area contributed by atoms with Crippen molar-refractivity contribution in [2.45, 2.75) is 156 Å². The predicted octanol–water partition coefficient (Wildman–Crippen LogP) is 17.5. The second-order valence-corrected chi connectivity index (χ2v) is 19.6. The van der Waals surface area contributed by atoms with Crippen molar-refractivity contribution in [3.05, 3.63) is 121 Å². The Balaban J connectivity index is 0.000000227. The number of aryl methyl sites for hydroxylation is 2. The van der Waals surface area contributed by atoms with Gasteiger partial charge < -0.3 is 16.9 Å². The molecule has 340 valence electrons. The van der Waals surface area contributed by atoms with Crippen LogP contribution in [-0.2, 0) is 20.4 Å². The van der Waals surface area contributed by atoms with Gasteiger partial charge in [-0.15, -0.1) is 0 Å². The molecule has 1 unspecified atom stereocenters. The Kier molecular flexibility index (Phi) is 20.0. The molecule has 0 aromatic heterocycles. The van der Waals surface area contributed by atoms with E-state index in [9.17, 15) is 0 Å². The minimum Gasteiger partial charge on any atom is -0.497 e. The SMILES string of the molecule is CCCC1CCC(C2CC=C(c3ccc(-c4ccc(OC)cc4)cc3C)CC2)CC1.CCCC1CCC(C2CCC(c3ccc(-c4ccc(OC)cc4)cc3C)CC2)CC1.[CH3-].[Pd]. The van der Waals surface area contributed by atoms with Crippen LogP contribution in [-0.4, -0.2) is 14.2 Å². The van der Waals surface area contributed by atoms with E-state index in [4.69, 9.17) is 9.47 Å². The van der Waals surface area contributed by atoms with E-state index in [1.54, 1.807) is 25.4 Å². The fourth-order valence-electron chi connectivity index (χ4n) is 12.2. The molecule has 0 aliphatic heterocycles. The molecule has 3 heteroatoms. The number of hydrogen-bond donors (Lipinski definition) is 0. The van der Waals surface area contributed by atoms with Crippen LogP contribution in [0.15, 0.2) is 91.0 Å². The number of benzene rings is 4. The molecule has 0 spiro atoms. The molecule has 62 heavy (non-hydrogen) atoms. The molecule has 0 bridgehead atoms. The van der Waals surface area contributed by atoms with Crippen LogP contribution in [0, 0.1) is 56.8 Å². The monoisotopic (exact) mass is 928 g/mol. The van der Waals surface area contributed by atoms with Gasteiger partial charge in [-0.1, -0.05) is 132 Å². The summed E-state index contributed by atoms with van der Waals surface area (Å²) in [5.41, 5.74) is 12.6. The summed E-state index contributed by atoms with van der Waals surface area (Å²) < 4.78 is 10.6. The molecule has 4 aromatic rings. The zero-order valence-electron chi connectivity index (χ0n) is 39.8. The van der Waals surface area contributed by atoms with Gasteiger partial charge in [0.15, 0.2) is 0 Å². The first-order valence-electron chi connectivity index (χ1n) is 24.5. The molecule has 0 saturated heterocycles. The van der Waals surface area contributed by atoms with Gasteiger partial charge in [-0.25, -0.2) is 0 Å². The van der Waals surface area contributed by atoms with E-state index >= 15 is 0 Å². The maximum atomic E-state index is 5.30. The number of allylic oxidation sites excluding steroid dienone is 2. The Hall–Kier alpha value is -3.12. The van der Waals surface area contributed by atoms with Crippen molar-refractivity contribution in [3.63, 3.8) is 0 Å². The summed E-state index contributed by atoms with van der Waals surface area (Å²) in [5, 5.41) is 0. The van der Waals surface area contributed by atoms with Gasteiger partial charge in [0.05, 0.1) is 14.2 Å². The van der Waals surface area contributed by atoms with Gasteiger partial charge in [0.2, 0.25) is 0 Å².